The van der Waals surface area contributed by atoms with E-state index in [0.29, 0.717) is 11.9 Å². The molecule has 98 valence electrons. The molecule has 7 nitrogen and oxygen atoms in total. The Morgan fingerprint density at radius 2 is 2.33 bits per heavy atom. The molecular formula is C11H17N5O2. The Morgan fingerprint density at radius 3 is 2.78 bits per heavy atom. The summed E-state index contributed by atoms with van der Waals surface area (Å²) in [7, 11) is 0. The van der Waals surface area contributed by atoms with E-state index in [9.17, 15) is 10.1 Å². The molecule has 3 N–H and O–H groups in total. The largest absolute Gasteiger partial charge is 0.378 e. The Labute approximate surface area is 105 Å². The second-order valence-corrected chi connectivity index (χ2v) is 4.34. The van der Waals surface area contributed by atoms with Crippen molar-refractivity contribution < 1.29 is 4.92 Å². The van der Waals surface area contributed by atoms with Crippen molar-refractivity contribution in [1.29, 1.82) is 0 Å². The predicted octanol–water partition coefficient (Wildman–Crippen LogP) is 0.760. The minimum atomic E-state index is -0.513. The molecule has 2 rings (SSSR count). The van der Waals surface area contributed by atoms with Crippen LogP contribution in [0.4, 0.5) is 17.3 Å². The fraction of sp³-hybridized carbons (Fsp3) is 0.545. The first-order chi connectivity index (χ1) is 8.63. The lowest BCUT2D eigenvalue weighted by Gasteiger charge is -2.39. The molecule has 0 spiro atoms. The maximum atomic E-state index is 10.7. The highest BCUT2D eigenvalue weighted by Crippen LogP contribution is 2.24. The minimum absolute atomic E-state index is 0.0223. The summed E-state index contributed by atoms with van der Waals surface area (Å²) in [4.78, 5) is 16.5. The Bertz CT molecular complexity index is 447. The maximum Gasteiger partial charge on any atom is 0.311 e. The summed E-state index contributed by atoms with van der Waals surface area (Å²) in [6.07, 6.45) is 0.995. The molecule has 7 heteroatoms. The van der Waals surface area contributed by atoms with E-state index in [4.69, 9.17) is 5.73 Å². The van der Waals surface area contributed by atoms with Gasteiger partial charge in [-0.05, 0) is 12.5 Å². The molecule has 0 unspecified atom stereocenters. The molecule has 0 radical (unpaired) electrons. The first-order valence-electron chi connectivity index (χ1n) is 6.01. The van der Waals surface area contributed by atoms with Gasteiger partial charge in [-0.3, -0.25) is 10.1 Å². The van der Waals surface area contributed by atoms with E-state index in [1.54, 1.807) is 6.07 Å². The molecule has 0 bridgehead atoms. The van der Waals surface area contributed by atoms with Crippen LogP contribution in [-0.4, -0.2) is 35.6 Å². The number of nitro groups is 1. The van der Waals surface area contributed by atoms with E-state index < -0.39 is 4.92 Å². The summed E-state index contributed by atoms with van der Waals surface area (Å²) < 4.78 is 0. The number of hydrogen-bond donors (Lipinski definition) is 2. The highest BCUT2D eigenvalue weighted by atomic mass is 16.6. The summed E-state index contributed by atoms with van der Waals surface area (Å²) in [5, 5.41) is 13.9. The zero-order valence-corrected chi connectivity index (χ0v) is 10.3. The van der Waals surface area contributed by atoms with Crippen molar-refractivity contribution in [3.8, 4) is 0 Å². The number of nitrogens with one attached hydrogen (secondary N) is 1. The van der Waals surface area contributed by atoms with Crippen molar-refractivity contribution in [2.45, 2.75) is 19.4 Å². The average Bonchev–Trinajstić information content (AvgIpc) is 2.25. The molecule has 1 saturated heterocycles. The van der Waals surface area contributed by atoms with Gasteiger partial charge in [0.25, 0.3) is 0 Å². The SMILES string of the molecule is CCCN(c1ccc([N+](=O)[O-])c(N)n1)C1CNC1. The maximum absolute atomic E-state index is 10.7. The van der Waals surface area contributed by atoms with Gasteiger partial charge in [-0.2, -0.15) is 0 Å². The molecule has 1 aromatic rings. The van der Waals surface area contributed by atoms with Crippen LogP contribution >= 0.6 is 0 Å². The van der Waals surface area contributed by atoms with Crippen LogP contribution in [0, 0.1) is 10.1 Å². The van der Waals surface area contributed by atoms with Crippen molar-refractivity contribution in [2.75, 3.05) is 30.3 Å². The van der Waals surface area contributed by atoms with Gasteiger partial charge in [0.1, 0.15) is 5.82 Å². The van der Waals surface area contributed by atoms with Gasteiger partial charge in [-0.1, -0.05) is 6.92 Å². The summed E-state index contributed by atoms with van der Waals surface area (Å²) in [5.41, 5.74) is 5.48. The van der Waals surface area contributed by atoms with E-state index in [-0.39, 0.29) is 11.5 Å². The highest BCUT2D eigenvalue weighted by Gasteiger charge is 2.26. The highest BCUT2D eigenvalue weighted by molar-refractivity contribution is 5.58. The third-order valence-corrected chi connectivity index (χ3v) is 3.04. The topological polar surface area (TPSA) is 97.3 Å². The molecule has 1 fully saturated rings. The van der Waals surface area contributed by atoms with Gasteiger partial charge in [-0.25, -0.2) is 4.98 Å². The van der Waals surface area contributed by atoms with Crippen molar-refractivity contribution in [3.63, 3.8) is 0 Å². The third kappa shape index (κ3) is 2.35. The number of anilines is 2. The molecule has 2 heterocycles. The van der Waals surface area contributed by atoms with Crippen LogP contribution < -0.4 is 16.0 Å². The van der Waals surface area contributed by atoms with E-state index in [2.05, 4.69) is 22.1 Å². The van der Waals surface area contributed by atoms with Crippen molar-refractivity contribution >= 4 is 17.3 Å². The van der Waals surface area contributed by atoms with Crippen LogP contribution in [0.5, 0.6) is 0 Å². The van der Waals surface area contributed by atoms with E-state index in [1.807, 2.05) is 0 Å². The van der Waals surface area contributed by atoms with Crippen LogP contribution in [0.25, 0.3) is 0 Å². The zero-order valence-electron chi connectivity index (χ0n) is 10.3. The first-order valence-corrected chi connectivity index (χ1v) is 6.01. The Hall–Kier alpha value is -1.89. The molecule has 0 aromatic carbocycles. The van der Waals surface area contributed by atoms with Gasteiger partial charge in [-0.15, -0.1) is 0 Å². The predicted molar refractivity (Wildman–Crippen MR) is 69.6 cm³/mol. The Balaban J connectivity index is 2.24. The van der Waals surface area contributed by atoms with Crippen LogP contribution in [0.1, 0.15) is 13.3 Å². The first kappa shape index (κ1) is 12.6. The lowest BCUT2D eigenvalue weighted by molar-refractivity contribution is -0.384. The molecule has 0 amide bonds. The Kier molecular flexibility index (Phi) is 3.61. The van der Waals surface area contributed by atoms with Gasteiger partial charge in [0.05, 0.1) is 11.0 Å². The molecule has 1 aliphatic rings. The van der Waals surface area contributed by atoms with Gasteiger partial charge >= 0.3 is 5.69 Å². The molecule has 0 saturated carbocycles. The number of nitrogen functional groups attached to an aromatic ring is 1. The molecule has 1 aliphatic heterocycles. The lowest BCUT2D eigenvalue weighted by atomic mass is 10.1. The normalized spacial score (nSPS) is 15.2. The number of nitrogens with zero attached hydrogens (tertiary/aromatic N) is 3. The van der Waals surface area contributed by atoms with E-state index >= 15 is 0 Å². The monoisotopic (exact) mass is 251 g/mol. The lowest BCUT2D eigenvalue weighted by Crippen LogP contribution is -2.57. The summed E-state index contributed by atoms with van der Waals surface area (Å²) >= 11 is 0. The quantitative estimate of drug-likeness (QED) is 0.592. The van der Waals surface area contributed by atoms with Crippen LogP contribution in [0.3, 0.4) is 0 Å². The third-order valence-electron chi connectivity index (χ3n) is 3.04. The van der Waals surface area contributed by atoms with E-state index in [0.717, 1.165) is 26.1 Å². The zero-order chi connectivity index (χ0) is 13.1. The fourth-order valence-electron chi connectivity index (χ4n) is 1.99. The van der Waals surface area contributed by atoms with Crippen LogP contribution in [0.2, 0.25) is 0 Å². The molecule has 0 aliphatic carbocycles. The second kappa shape index (κ2) is 5.18. The number of nitrogens with two attached hydrogens (primary N) is 1. The molecule has 1 aromatic heterocycles. The summed E-state index contributed by atoms with van der Waals surface area (Å²) in [6, 6.07) is 3.49. The number of hydrogen-bond acceptors (Lipinski definition) is 6. The second-order valence-electron chi connectivity index (χ2n) is 4.34. The fourth-order valence-corrected chi connectivity index (χ4v) is 1.99. The Morgan fingerprint density at radius 1 is 1.61 bits per heavy atom. The number of pyridine rings is 1. The van der Waals surface area contributed by atoms with Gasteiger partial charge < -0.3 is 16.0 Å². The summed E-state index contributed by atoms with van der Waals surface area (Å²) in [5.74, 6) is 0.692. The van der Waals surface area contributed by atoms with Crippen molar-refractivity contribution in [3.05, 3.63) is 22.2 Å². The van der Waals surface area contributed by atoms with Gasteiger partial charge in [0.2, 0.25) is 5.82 Å². The molecule has 18 heavy (non-hydrogen) atoms. The molecular weight excluding hydrogens is 234 g/mol. The average molecular weight is 251 g/mol. The smallest absolute Gasteiger partial charge is 0.311 e. The van der Waals surface area contributed by atoms with Gasteiger partial charge in [0.15, 0.2) is 0 Å². The standard InChI is InChI=1S/C11H17N5O2/c1-2-5-15(8-6-13-7-8)10-4-3-9(16(17)18)11(12)14-10/h3-4,8,13H,2,5-7H2,1H3,(H2,12,14). The molecule has 0 atom stereocenters. The minimum Gasteiger partial charge on any atom is -0.378 e. The van der Waals surface area contributed by atoms with Crippen LogP contribution in [0.15, 0.2) is 12.1 Å². The van der Waals surface area contributed by atoms with E-state index in [1.165, 1.54) is 6.07 Å². The van der Waals surface area contributed by atoms with Crippen molar-refractivity contribution in [2.24, 2.45) is 0 Å². The number of rotatable bonds is 5. The van der Waals surface area contributed by atoms with Gasteiger partial charge in [0, 0.05) is 25.7 Å². The van der Waals surface area contributed by atoms with Crippen LogP contribution in [-0.2, 0) is 0 Å². The number of aromatic nitrogens is 1. The van der Waals surface area contributed by atoms with Crippen molar-refractivity contribution in [1.82, 2.24) is 10.3 Å². The summed E-state index contributed by atoms with van der Waals surface area (Å²) in [6.45, 7) is 4.79.